The van der Waals surface area contributed by atoms with E-state index in [4.69, 9.17) is 0 Å². The Hall–Kier alpha value is -0.570. The molecule has 0 radical (unpaired) electrons. The molecule has 2 aliphatic rings. The number of nitrogens with zero attached hydrogens (tertiary/aromatic N) is 2. The number of amides is 1. The van der Waals surface area contributed by atoms with E-state index >= 15 is 0 Å². The maximum Gasteiger partial charge on any atom is 0.227 e. The van der Waals surface area contributed by atoms with Gasteiger partial charge in [0.25, 0.3) is 0 Å². The van der Waals surface area contributed by atoms with E-state index in [-0.39, 0.29) is 5.92 Å². The summed E-state index contributed by atoms with van der Waals surface area (Å²) in [6.45, 7) is 6.21. The normalized spacial score (nSPS) is 30.6. The summed E-state index contributed by atoms with van der Waals surface area (Å²) in [4.78, 5) is 16.1. The Balaban J connectivity index is 1.84. The molecule has 2 rings (SSSR count). The Kier molecular flexibility index (Phi) is 2.28. The predicted octanol–water partition coefficient (Wildman–Crippen LogP) is 0.416. The topological polar surface area (TPSA) is 23.6 Å². The van der Waals surface area contributed by atoms with Crippen LogP contribution < -0.4 is 0 Å². The van der Waals surface area contributed by atoms with Gasteiger partial charge in [0, 0.05) is 19.6 Å². The molecule has 2 saturated heterocycles. The van der Waals surface area contributed by atoms with E-state index in [2.05, 4.69) is 18.9 Å². The molecule has 1 atom stereocenters. The number of likely N-dealkylation sites (tertiary alicyclic amines) is 2. The Bertz CT molecular complexity index is 211. The van der Waals surface area contributed by atoms with Gasteiger partial charge in [-0.15, -0.1) is 0 Å². The molecule has 0 aromatic carbocycles. The van der Waals surface area contributed by atoms with Crippen molar-refractivity contribution in [1.82, 2.24) is 9.80 Å². The molecule has 0 bridgehead atoms. The number of carbonyl (C=O) groups excluding carboxylic acids is 1. The van der Waals surface area contributed by atoms with Crippen molar-refractivity contribution in [2.75, 3.05) is 33.2 Å². The zero-order valence-electron chi connectivity index (χ0n) is 8.49. The molecule has 3 nitrogen and oxygen atoms in total. The van der Waals surface area contributed by atoms with Crippen molar-refractivity contribution >= 4 is 5.91 Å². The van der Waals surface area contributed by atoms with Crippen LogP contribution in [-0.4, -0.2) is 48.9 Å². The van der Waals surface area contributed by atoms with Crippen LogP contribution in [0.4, 0.5) is 0 Å². The SMILES string of the molecule is CC1CN(C(=O)[C@@H]2CCN(C)C2)C1. The maximum atomic E-state index is 11.8. The molecular weight excluding hydrogens is 164 g/mol. The second kappa shape index (κ2) is 3.29. The summed E-state index contributed by atoms with van der Waals surface area (Å²) in [6.07, 6.45) is 1.06. The monoisotopic (exact) mass is 182 g/mol. The lowest BCUT2D eigenvalue weighted by molar-refractivity contribution is -0.141. The smallest absolute Gasteiger partial charge is 0.227 e. The number of hydrogen-bond donors (Lipinski definition) is 0. The van der Waals surface area contributed by atoms with Crippen LogP contribution in [0, 0.1) is 11.8 Å². The van der Waals surface area contributed by atoms with Gasteiger partial charge in [-0.25, -0.2) is 0 Å². The first kappa shape index (κ1) is 9.00. The Labute approximate surface area is 79.7 Å². The van der Waals surface area contributed by atoms with Gasteiger partial charge in [0.1, 0.15) is 0 Å². The van der Waals surface area contributed by atoms with Crippen molar-refractivity contribution in [3.8, 4) is 0 Å². The summed E-state index contributed by atoms with van der Waals surface area (Å²) in [5.41, 5.74) is 0. The zero-order chi connectivity index (χ0) is 9.42. The van der Waals surface area contributed by atoms with Gasteiger partial charge < -0.3 is 9.80 Å². The standard InChI is InChI=1S/C10H18N2O/c1-8-5-12(6-8)10(13)9-3-4-11(2)7-9/h8-9H,3-7H2,1-2H3/t9-/m1/s1. The summed E-state index contributed by atoms with van der Waals surface area (Å²) in [5.74, 6) is 1.41. The van der Waals surface area contributed by atoms with Gasteiger partial charge in [0.2, 0.25) is 5.91 Å². The minimum atomic E-state index is 0.289. The quantitative estimate of drug-likeness (QED) is 0.586. The minimum Gasteiger partial charge on any atom is -0.342 e. The van der Waals surface area contributed by atoms with Gasteiger partial charge in [0.15, 0.2) is 0 Å². The molecule has 2 aliphatic heterocycles. The zero-order valence-corrected chi connectivity index (χ0v) is 8.49. The third-order valence-electron chi connectivity index (χ3n) is 3.12. The molecular formula is C10H18N2O. The van der Waals surface area contributed by atoms with Crippen molar-refractivity contribution in [3.63, 3.8) is 0 Å². The Morgan fingerprint density at radius 2 is 2.00 bits per heavy atom. The molecule has 0 aromatic heterocycles. The fraction of sp³-hybridized carbons (Fsp3) is 0.900. The van der Waals surface area contributed by atoms with Crippen LogP contribution >= 0.6 is 0 Å². The summed E-state index contributed by atoms with van der Waals surface area (Å²) < 4.78 is 0. The molecule has 3 heteroatoms. The minimum absolute atomic E-state index is 0.289. The number of carbonyl (C=O) groups is 1. The second-order valence-electron chi connectivity index (χ2n) is 4.60. The van der Waals surface area contributed by atoms with Crippen LogP contribution in [0.2, 0.25) is 0 Å². The molecule has 0 spiro atoms. The van der Waals surface area contributed by atoms with Crippen LogP contribution in [-0.2, 0) is 4.79 Å². The Morgan fingerprint density at radius 3 is 2.46 bits per heavy atom. The highest BCUT2D eigenvalue weighted by molar-refractivity contribution is 5.80. The van der Waals surface area contributed by atoms with Gasteiger partial charge in [-0.2, -0.15) is 0 Å². The van der Waals surface area contributed by atoms with E-state index in [0.717, 1.165) is 38.5 Å². The first-order valence-corrected chi connectivity index (χ1v) is 5.14. The predicted molar refractivity (Wildman–Crippen MR) is 51.3 cm³/mol. The second-order valence-corrected chi connectivity index (χ2v) is 4.60. The largest absolute Gasteiger partial charge is 0.342 e. The van der Waals surface area contributed by atoms with Crippen molar-refractivity contribution in [2.24, 2.45) is 11.8 Å². The van der Waals surface area contributed by atoms with Crippen LogP contribution in [0.25, 0.3) is 0 Å². The third-order valence-corrected chi connectivity index (χ3v) is 3.12. The summed E-state index contributed by atoms with van der Waals surface area (Å²) >= 11 is 0. The molecule has 2 heterocycles. The lowest BCUT2D eigenvalue weighted by atomic mass is 9.99. The van der Waals surface area contributed by atoms with Crippen LogP contribution in [0.15, 0.2) is 0 Å². The lowest BCUT2D eigenvalue weighted by Crippen LogP contribution is -2.51. The first-order valence-electron chi connectivity index (χ1n) is 5.14. The molecule has 13 heavy (non-hydrogen) atoms. The van der Waals surface area contributed by atoms with E-state index in [9.17, 15) is 4.79 Å². The maximum absolute atomic E-state index is 11.8. The number of rotatable bonds is 1. The third kappa shape index (κ3) is 1.70. The molecule has 0 N–H and O–H groups in total. The van der Waals surface area contributed by atoms with Gasteiger partial charge in [-0.3, -0.25) is 4.79 Å². The van der Waals surface area contributed by atoms with E-state index in [1.54, 1.807) is 0 Å². The molecule has 0 unspecified atom stereocenters. The van der Waals surface area contributed by atoms with Crippen LogP contribution in [0.1, 0.15) is 13.3 Å². The fourth-order valence-electron chi connectivity index (χ4n) is 2.27. The highest BCUT2D eigenvalue weighted by atomic mass is 16.2. The van der Waals surface area contributed by atoms with Gasteiger partial charge in [-0.05, 0) is 25.9 Å². The van der Waals surface area contributed by atoms with Gasteiger partial charge >= 0.3 is 0 Å². The van der Waals surface area contributed by atoms with Gasteiger partial charge in [0.05, 0.1) is 5.92 Å². The summed E-state index contributed by atoms with van der Waals surface area (Å²) in [7, 11) is 2.09. The molecule has 0 saturated carbocycles. The van der Waals surface area contributed by atoms with E-state index in [1.165, 1.54) is 0 Å². The first-order chi connectivity index (χ1) is 6.16. The van der Waals surface area contributed by atoms with Crippen molar-refractivity contribution in [3.05, 3.63) is 0 Å². The number of hydrogen-bond acceptors (Lipinski definition) is 2. The molecule has 0 aromatic rings. The highest BCUT2D eigenvalue weighted by Crippen LogP contribution is 2.22. The van der Waals surface area contributed by atoms with E-state index in [0.29, 0.717) is 5.91 Å². The fourth-order valence-corrected chi connectivity index (χ4v) is 2.27. The van der Waals surface area contributed by atoms with E-state index < -0.39 is 0 Å². The Morgan fingerprint density at radius 1 is 1.31 bits per heavy atom. The average molecular weight is 182 g/mol. The average Bonchev–Trinajstić information content (AvgIpc) is 2.45. The molecule has 1 amide bonds. The van der Waals surface area contributed by atoms with Crippen molar-refractivity contribution < 1.29 is 4.79 Å². The van der Waals surface area contributed by atoms with Crippen molar-refractivity contribution in [2.45, 2.75) is 13.3 Å². The highest BCUT2D eigenvalue weighted by Gasteiger charge is 2.34. The summed E-state index contributed by atoms with van der Waals surface area (Å²) in [6, 6.07) is 0. The van der Waals surface area contributed by atoms with Crippen LogP contribution in [0.5, 0.6) is 0 Å². The summed E-state index contributed by atoms with van der Waals surface area (Å²) in [5, 5.41) is 0. The molecule has 2 fully saturated rings. The molecule has 0 aliphatic carbocycles. The lowest BCUT2D eigenvalue weighted by Gasteiger charge is -2.38. The van der Waals surface area contributed by atoms with Crippen LogP contribution in [0.3, 0.4) is 0 Å². The van der Waals surface area contributed by atoms with Crippen molar-refractivity contribution in [1.29, 1.82) is 0 Å². The molecule has 74 valence electrons. The van der Waals surface area contributed by atoms with E-state index in [1.807, 2.05) is 4.90 Å². The van der Waals surface area contributed by atoms with Gasteiger partial charge in [-0.1, -0.05) is 6.92 Å².